The lowest BCUT2D eigenvalue weighted by molar-refractivity contribution is -0.142. The Morgan fingerprint density at radius 3 is 2.68 bits per heavy atom. The van der Waals surface area contributed by atoms with Crippen molar-refractivity contribution in [3.05, 3.63) is 63.5 Å². The highest BCUT2D eigenvalue weighted by molar-refractivity contribution is 7.11. The second kappa shape index (κ2) is 9.55. The fourth-order valence-corrected chi connectivity index (χ4v) is 4.59. The molecular formula is C22H21F3N4O4S. The van der Waals surface area contributed by atoms with Gasteiger partial charge in [0.15, 0.2) is 10.8 Å². The maximum Gasteiger partial charge on any atom is 0.338 e. The molecule has 0 spiro atoms. The number of hydrogen-bond acceptors (Lipinski definition) is 8. The number of nitrogens with zero attached hydrogens (tertiary/aromatic N) is 3. The molecule has 1 aromatic heterocycles. The van der Waals surface area contributed by atoms with Crippen LogP contribution in [0.3, 0.4) is 0 Å². The SMILES string of the molecule is CCOC(=O)C1=C(CN2CC(F)(F)C[C@H]2C(=O)O)NC(c2nccs2)=NC1c1ccc(F)cc1. The highest BCUT2D eigenvalue weighted by Gasteiger charge is 2.49. The molecule has 12 heteroatoms. The number of hydrogen-bond donors (Lipinski definition) is 2. The van der Waals surface area contributed by atoms with Gasteiger partial charge in [-0.05, 0) is 24.6 Å². The first-order valence-corrected chi connectivity index (χ1v) is 11.3. The highest BCUT2D eigenvalue weighted by Crippen LogP contribution is 2.36. The van der Waals surface area contributed by atoms with Crippen LogP contribution in [0.2, 0.25) is 0 Å². The van der Waals surface area contributed by atoms with Gasteiger partial charge < -0.3 is 15.2 Å². The molecule has 1 unspecified atom stereocenters. The van der Waals surface area contributed by atoms with Crippen molar-refractivity contribution >= 4 is 29.1 Å². The first-order chi connectivity index (χ1) is 16.2. The fraction of sp³-hybridized carbons (Fsp3) is 0.364. The van der Waals surface area contributed by atoms with Gasteiger partial charge in [-0.15, -0.1) is 11.3 Å². The van der Waals surface area contributed by atoms with Crippen molar-refractivity contribution in [2.24, 2.45) is 4.99 Å². The minimum atomic E-state index is -3.19. The summed E-state index contributed by atoms with van der Waals surface area (Å²) >= 11 is 1.27. The predicted molar refractivity (Wildman–Crippen MR) is 117 cm³/mol. The number of carbonyl (C=O) groups is 2. The van der Waals surface area contributed by atoms with E-state index in [0.717, 1.165) is 4.90 Å². The van der Waals surface area contributed by atoms with E-state index in [-0.39, 0.29) is 30.3 Å². The van der Waals surface area contributed by atoms with Crippen molar-refractivity contribution in [3.63, 3.8) is 0 Å². The molecule has 0 amide bonds. The molecular weight excluding hydrogens is 473 g/mol. The van der Waals surface area contributed by atoms with E-state index in [2.05, 4.69) is 15.3 Å². The lowest BCUT2D eigenvalue weighted by atomic mass is 9.95. The van der Waals surface area contributed by atoms with Crippen LogP contribution < -0.4 is 5.32 Å². The fourth-order valence-electron chi connectivity index (χ4n) is 4.00. The lowest BCUT2D eigenvalue weighted by Crippen LogP contribution is -2.43. The van der Waals surface area contributed by atoms with E-state index in [4.69, 9.17) is 4.74 Å². The molecule has 34 heavy (non-hydrogen) atoms. The van der Waals surface area contributed by atoms with Gasteiger partial charge in [0, 0.05) is 30.2 Å². The maximum atomic E-state index is 14.1. The number of carbonyl (C=O) groups excluding carboxylic acids is 1. The topological polar surface area (TPSA) is 104 Å². The van der Waals surface area contributed by atoms with Crippen LogP contribution >= 0.6 is 11.3 Å². The van der Waals surface area contributed by atoms with Gasteiger partial charge in [0.1, 0.15) is 17.9 Å². The molecule has 1 fully saturated rings. The van der Waals surface area contributed by atoms with Crippen LogP contribution in [0.4, 0.5) is 13.2 Å². The third kappa shape index (κ3) is 4.97. The summed E-state index contributed by atoms with van der Waals surface area (Å²) in [6.45, 7) is 0.598. The van der Waals surface area contributed by atoms with Crippen molar-refractivity contribution in [3.8, 4) is 0 Å². The van der Waals surface area contributed by atoms with Crippen LogP contribution in [0.5, 0.6) is 0 Å². The van der Waals surface area contributed by atoms with E-state index in [9.17, 15) is 27.9 Å². The Bertz CT molecular complexity index is 1140. The quantitative estimate of drug-likeness (QED) is 0.571. The number of amidine groups is 1. The zero-order valence-electron chi connectivity index (χ0n) is 18.0. The smallest absolute Gasteiger partial charge is 0.338 e. The summed E-state index contributed by atoms with van der Waals surface area (Å²) < 4.78 is 47.0. The number of esters is 1. The zero-order valence-corrected chi connectivity index (χ0v) is 18.8. The first kappa shape index (κ1) is 23.9. The van der Waals surface area contributed by atoms with Crippen molar-refractivity contribution in [2.45, 2.75) is 31.4 Å². The molecule has 1 aromatic carbocycles. The summed E-state index contributed by atoms with van der Waals surface area (Å²) in [7, 11) is 0. The van der Waals surface area contributed by atoms with Gasteiger partial charge in [0.2, 0.25) is 0 Å². The average molecular weight is 494 g/mol. The van der Waals surface area contributed by atoms with E-state index in [1.165, 1.54) is 35.6 Å². The first-order valence-electron chi connectivity index (χ1n) is 10.4. The number of likely N-dealkylation sites (tertiary alicyclic amines) is 1. The minimum Gasteiger partial charge on any atom is -0.480 e. The molecule has 2 aliphatic rings. The van der Waals surface area contributed by atoms with Crippen LogP contribution in [0.25, 0.3) is 0 Å². The third-order valence-corrected chi connectivity index (χ3v) is 6.24. The average Bonchev–Trinajstić information content (AvgIpc) is 3.41. The number of ether oxygens (including phenoxy) is 1. The maximum absolute atomic E-state index is 14.1. The van der Waals surface area contributed by atoms with E-state index in [1.54, 1.807) is 18.5 Å². The molecule has 4 rings (SSSR count). The number of alkyl halides is 2. The number of aliphatic imine (C=N–C) groups is 1. The molecule has 180 valence electrons. The third-order valence-electron chi connectivity index (χ3n) is 5.46. The molecule has 0 aliphatic carbocycles. The molecule has 1 saturated heterocycles. The van der Waals surface area contributed by atoms with Gasteiger partial charge in [-0.3, -0.25) is 14.7 Å². The van der Waals surface area contributed by atoms with Crippen molar-refractivity contribution < 1.29 is 32.6 Å². The van der Waals surface area contributed by atoms with Crippen LogP contribution in [-0.4, -0.2) is 64.4 Å². The number of thiazole rings is 1. The Morgan fingerprint density at radius 2 is 2.06 bits per heavy atom. The Balaban J connectivity index is 1.81. The molecule has 0 radical (unpaired) electrons. The van der Waals surface area contributed by atoms with Gasteiger partial charge in [-0.25, -0.2) is 22.9 Å². The summed E-state index contributed by atoms with van der Waals surface area (Å²) in [5.74, 6) is -5.50. The molecule has 2 aliphatic heterocycles. The lowest BCUT2D eigenvalue weighted by Gasteiger charge is -2.30. The Labute approximate surface area is 196 Å². The van der Waals surface area contributed by atoms with E-state index in [1.807, 2.05) is 0 Å². The van der Waals surface area contributed by atoms with Crippen LogP contribution in [0.1, 0.15) is 30.0 Å². The molecule has 2 N–H and O–H groups in total. The summed E-state index contributed by atoms with van der Waals surface area (Å²) in [6, 6.07) is 3.00. The van der Waals surface area contributed by atoms with Gasteiger partial charge in [0.05, 0.1) is 18.7 Å². The molecule has 2 atom stereocenters. The number of carboxylic acid groups (broad SMARTS) is 1. The number of aliphatic carboxylic acids is 1. The molecule has 8 nitrogen and oxygen atoms in total. The van der Waals surface area contributed by atoms with Crippen LogP contribution in [0.15, 0.2) is 52.1 Å². The Kier molecular flexibility index (Phi) is 6.71. The molecule has 3 heterocycles. The molecule has 2 aromatic rings. The predicted octanol–water partition coefficient (Wildman–Crippen LogP) is 2.98. The number of halogens is 3. The standard InChI is InChI=1S/C22H21F3N4O4S/c1-2-33-21(32)16-14(10-29-11-22(24,25)9-15(29)20(30)31)27-18(19-26-7-8-34-19)28-17(16)12-3-5-13(23)6-4-12/h3-8,15,17H,2,9-11H2,1H3,(H,27,28)(H,30,31)/t15-,17?/m0/s1. The van der Waals surface area contributed by atoms with Gasteiger partial charge in [-0.2, -0.15) is 0 Å². The highest BCUT2D eigenvalue weighted by atomic mass is 32.1. The number of benzene rings is 1. The molecule has 0 bridgehead atoms. The normalized spacial score (nSPS) is 22.3. The molecule has 0 saturated carbocycles. The van der Waals surface area contributed by atoms with Gasteiger partial charge in [-0.1, -0.05) is 12.1 Å². The number of rotatable bonds is 7. The van der Waals surface area contributed by atoms with E-state index >= 15 is 0 Å². The minimum absolute atomic E-state index is 0.0353. The number of carboxylic acids is 1. The second-order valence-corrected chi connectivity index (χ2v) is 8.72. The summed E-state index contributed by atoms with van der Waals surface area (Å²) in [6.07, 6.45) is 0.724. The Hall–Kier alpha value is -3.25. The van der Waals surface area contributed by atoms with E-state index in [0.29, 0.717) is 10.6 Å². The van der Waals surface area contributed by atoms with Crippen LogP contribution in [-0.2, 0) is 14.3 Å². The van der Waals surface area contributed by atoms with Crippen molar-refractivity contribution in [1.29, 1.82) is 0 Å². The summed E-state index contributed by atoms with van der Waals surface area (Å²) in [5, 5.41) is 14.7. The van der Waals surface area contributed by atoms with Crippen LogP contribution in [0, 0.1) is 5.82 Å². The second-order valence-electron chi connectivity index (χ2n) is 7.83. The monoisotopic (exact) mass is 494 g/mol. The summed E-state index contributed by atoms with van der Waals surface area (Å²) in [5.41, 5.74) is 0.684. The largest absolute Gasteiger partial charge is 0.480 e. The van der Waals surface area contributed by atoms with Crippen molar-refractivity contribution in [1.82, 2.24) is 15.2 Å². The Morgan fingerprint density at radius 1 is 1.32 bits per heavy atom. The number of nitrogens with one attached hydrogen (secondary N) is 1. The summed E-state index contributed by atoms with van der Waals surface area (Å²) in [4.78, 5) is 34.6. The van der Waals surface area contributed by atoms with Crippen molar-refractivity contribution in [2.75, 3.05) is 19.7 Å². The van der Waals surface area contributed by atoms with E-state index < -0.39 is 48.7 Å². The number of aromatic nitrogens is 1. The zero-order chi connectivity index (χ0) is 24.5. The van der Waals surface area contributed by atoms with Gasteiger partial charge >= 0.3 is 11.9 Å². The van der Waals surface area contributed by atoms with Gasteiger partial charge in [0.25, 0.3) is 5.92 Å².